The van der Waals surface area contributed by atoms with E-state index in [0.29, 0.717) is 18.7 Å². The molecule has 23 heavy (non-hydrogen) atoms. The molecule has 3 rings (SSSR count). The summed E-state index contributed by atoms with van der Waals surface area (Å²) in [5.74, 6) is 0.295. The lowest BCUT2D eigenvalue weighted by atomic mass is 10.2. The highest BCUT2D eigenvalue weighted by Gasteiger charge is 2.33. The van der Waals surface area contributed by atoms with Crippen molar-refractivity contribution in [3.05, 3.63) is 60.6 Å². The summed E-state index contributed by atoms with van der Waals surface area (Å²) in [4.78, 5) is 26.3. The maximum absolute atomic E-state index is 12.4. The van der Waals surface area contributed by atoms with E-state index in [-0.39, 0.29) is 11.8 Å². The molecule has 0 radical (unpaired) electrons. The van der Waals surface area contributed by atoms with Crippen molar-refractivity contribution < 1.29 is 14.0 Å². The number of carbonyl (C=O) groups excluding carboxylic acids is 2. The van der Waals surface area contributed by atoms with Gasteiger partial charge in [-0.2, -0.15) is 0 Å². The first-order valence-corrected chi connectivity index (χ1v) is 7.62. The Bertz CT molecular complexity index is 692. The molecule has 0 aliphatic carbocycles. The van der Waals surface area contributed by atoms with Gasteiger partial charge in [-0.25, -0.2) is 0 Å². The molecule has 2 aromatic rings. The minimum absolute atomic E-state index is 0.145. The highest BCUT2D eigenvalue weighted by Crippen LogP contribution is 2.20. The fourth-order valence-electron chi connectivity index (χ4n) is 2.69. The van der Waals surface area contributed by atoms with E-state index in [9.17, 15) is 9.59 Å². The average molecular weight is 310 g/mol. The van der Waals surface area contributed by atoms with Gasteiger partial charge in [0.2, 0.25) is 11.8 Å². The van der Waals surface area contributed by atoms with Crippen LogP contribution in [0.2, 0.25) is 0 Å². The quantitative estimate of drug-likeness (QED) is 0.883. The minimum atomic E-state index is -0.427. The molecule has 118 valence electrons. The van der Waals surface area contributed by atoms with Crippen molar-refractivity contribution in [3.8, 4) is 0 Å². The van der Waals surface area contributed by atoms with Gasteiger partial charge < -0.3 is 14.6 Å². The van der Waals surface area contributed by atoms with Gasteiger partial charge in [-0.15, -0.1) is 0 Å². The number of nitrogens with zero attached hydrogens (tertiary/aromatic N) is 1. The highest BCUT2D eigenvalue weighted by molar-refractivity contribution is 6.00. The molecule has 1 fully saturated rings. The van der Waals surface area contributed by atoms with Gasteiger partial charge in [0.05, 0.1) is 6.26 Å². The summed E-state index contributed by atoms with van der Waals surface area (Å²) < 4.78 is 5.16. The molecule has 1 N–H and O–H groups in total. The molecule has 5 nitrogen and oxygen atoms in total. The summed E-state index contributed by atoms with van der Waals surface area (Å²) in [5, 5.41) is 2.86. The number of amides is 2. The van der Waals surface area contributed by atoms with Crippen LogP contribution >= 0.6 is 0 Å². The molecule has 0 saturated carbocycles. The number of nitrogens with one attached hydrogen (secondary N) is 1. The fraction of sp³-hybridized carbons (Fsp3) is 0.222. The number of hydrogen-bond acceptors (Lipinski definition) is 3. The molecule has 0 spiro atoms. The van der Waals surface area contributed by atoms with E-state index in [4.69, 9.17) is 4.42 Å². The first-order valence-electron chi connectivity index (χ1n) is 7.62. The van der Waals surface area contributed by atoms with E-state index in [1.165, 1.54) is 6.08 Å². The molecule has 1 atom stereocenters. The van der Waals surface area contributed by atoms with Gasteiger partial charge in [-0.3, -0.25) is 9.59 Å². The van der Waals surface area contributed by atoms with Crippen molar-refractivity contribution in [1.82, 2.24) is 4.90 Å². The molecule has 0 bridgehead atoms. The Morgan fingerprint density at radius 1 is 1.17 bits per heavy atom. The summed E-state index contributed by atoms with van der Waals surface area (Å²) in [6.07, 6.45) is 6.13. The summed E-state index contributed by atoms with van der Waals surface area (Å²) in [6, 6.07) is 12.4. The zero-order valence-corrected chi connectivity index (χ0v) is 12.6. The Morgan fingerprint density at radius 2 is 2.00 bits per heavy atom. The smallest absolute Gasteiger partial charge is 0.247 e. The summed E-state index contributed by atoms with van der Waals surface area (Å²) >= 11 is 0. The maximum atomic E-state index is 12.4. The number of hydrogen-bond donors (Lipinski definition) is 1. The van der Waals surface area contributed by atoms with E-state index < -0.39 is 6.04 Å². The number of likely N-dealkylation sites (tertiary alicyclic amines) is 1. The Kier molecular flexibility index (Phi) is 4.57. The monoisotopic (exact) mass is 310 g/mol. The van der Waals surface area contributed by atoms with Crippen LogP contribution in [-0.4, -0.2) is 29.3 Å². The van der Waals surface area contributed by atoms with Crippen LogP contribution < -0.4 is 5.32 Å². The Morgan fingerprint density at radius 3 is 2.74 bits per heavy atom. The Balaban J connectivity index is 1.65. The van der Waals surface area contributed by atoms with E-state index in [1.807, 2.05) is 30.3 Å². The zero-order valence-electron chi connectivity index (χ0n) is 12.6. The van der Waals surface area contributed by atoms with Crippen molar-refractivity contribution in [2.24, 2.45) is 0 Å². The second kappa shape index (κ2) is 6.96. The second-order valence-corrected chi connectivity index (χ2v) is 5.39. The SMILES string of the molecule is O=C(Nc1ccccc1)[C@H]1CCCN1C(=O)/C=C\c1ccco1. The molecule has 1 aliphatic rings. The van der Waals surface area contributed by atoms with Crippen LogP contribution in [-0.2, 0) is 9.59 Å². The highest BCUT2D eigenvalue weighted by atomic mass is 16.3. The van der Waals surface area contributed by atoms with Gasteiger partial charge in [-0.05, 0) is 43.2 Å². The number of furan rings is 1. The van der Waals surface area contributed by atoms with Crippen molar-refractivity contribution in [3.63, 3.8) is 0 Å². The van der Waals surface area contributed by atoms with Crippen LogP contribution in [0.25, 0.3) is 6.08 Å². The largest absolute Gasteiger partial charge is 0.465 e. The van der Waals surface area contributed by atoms with Crippen LogP contribution in [0.15, 0.2) is 59.2 Å². The predicted molar refractivity (Wildman–Crippen MR) is 87.5 cm³/mol. The molecule has 5 heteroatoms. The van der Waals surface area contributed by atoms with Crippen LogP contribution in [0.3, 0.4) is 0 Å². The first kappa shape index (κ1) is 15.1. The standard InChI is InChI=1S/C18H18N2O3/c21-17(11-10-15-8-5-13-23-15)20-12-4-9-16(20)18(22)19-14-6-2-1-3-7-14/h1-3,5-8,10-11,13,16H,4,9,12H2,(H,19,22)/b11-10-/t16-/m1/s1. The third kappa shape index (κ3) is 3.69. The second-order valence-electron chi connectivity index (χ2n) is 5.39. The third-order valence-corrected chi connectivity index (χ3v) is 3.81. The summed E-state index contributed by atoms with van der Waals surface area (Å²) in [7, 11) is 0. The molecular formula is C18H18N2O3. The van der Waals surface area contributed by atoms with Crippen molar-refractivity contribution in [1.29, 1.82) is 0 Å². The predicted octanol–water partition coefficient (Wildman–Crippen LogP) is 2.92. The molecular weight excluding hydrogens is 292 g/mol. The number of carbonyl (C=O) groups is 2. The summed E-state index contributed by atoms with van der Waals surface area (Å²) in [6.45, 7) is 0.591. The van der Waals surface area contributed by atoms with Gasteiger partial charge in [0.15, 0.2) is 0 Å². The van der Waals surface area contributed by atoms with Crippen LogP contribution in [0, 0.1) is 0 Å². The van der Waals surface area contributed by atoms with E-state index in [1.54, 1.807) is 29.4 Å². The minimum Gasteiger partial charge on any atom is -0.465 e. The Hall–Kier alpha value is -2.82. The van der Waals surface area contributed by atoms with Gasteiger partial charge in [0.25, 0.3) is 0 Å². The number of anilines is 1. The third-order valence-electron chi connectivity index (χ3n) is 3.81. The molecule has 1 aromatic carbocycles. The van der Waals surface area contributed by atoms with Gasteiger partial charge in [0.1, 0.15) is 11.8 Å². The lowest BCUT2D eigenvalue weighted by Crippen LogP contribution is -2.42. The van der Waals surface area contributed by atoms with Gasteiger partial charge >= 0.3 is 0 Å². The lowest BCUT2D eigenvalue weighted by Gasteiger charge is -2.22. The van der Waals surface area contributed by atoms with E-state index in [2.05, 4.69) is 5.32 Å². The molecule has 2 amide bonds. The zero-order chi connectivity index (χ0) is 16.1. The normalized spacial score (nSPS) is 17.6. The molecule has 1 aromatic heterocycles. The number of benzene rings is 1. The molecule has 1 saturated heterocycles. The Labute approximate surface area is 134 Å². The van der Waals surface area contributed by atoms with Crippen molar-refractivity contribution >= 4 is 23.6 Å². The van der Waals surface area contributed by atoms with Gasteiger partial charge in [0, 0.05) is 18.3 Å². The number of para-hydroxylation sites is 1. The van der Waals surface area contributed by atoms with Crippen LogP contribution in [0.1, 0.15) is 18.6 Å². The van der Waals surface area contributed by atoms with Crippen LogP contribution in [0.4, 0.5) is 5.69 Å². The molecule has 0 unspecified atom stereocenters. The van der Waals surface area contributed by atoms with E-state index in [0.717, 1.165) is 12.1 Å². The van der Waals surface area contributed by atoms with Crippen molar-refractivity contribution in [2.75, 3.05) is 11.9 Å². The first-order chi connectivity index (χ1) is 11.2. The summed E-state index contributed by atoms with van der Waals surface area (Å²) in [5.41, 5.74) is 0.739. The molecule has 1 aliphatic heterocycles. The average Bonchev–Trinajstić information content (AvgIpc) is 3.25. The van der Waals surface area contributed by atoms with E-state index >= 15 is 0 Å². The number of rotatable bonds is 4. The van der Waals surface area contributed by atoms with Crippen molar-refractivity contribution in [2.45, 2.75) is 18.9 Å². The van der Waals surface area contributed by atoms with Gasteiger partial charge in [-0.1, -0.05) is 18.2 Å². The van der Waals surface area contributed by atoms with Crippen LogP contribution in [0.5, 0.6) is 0 Å². The lowest BCUT2D eigenvalue weighted by molar-refractivity contribution is -0.132. The maximum Gasteiger partial charge on any atom is 0.247 e. The fourth-order valence-corrected chi connectivity index (χ4v) is 2.69. The molecule has 2 heterocycles. The topological polar surface area (TPSA) is 62.6 Å².